The van der Waals surface area contributed by atoms with Gasteiger partial charge in [-0.2, -0.15) is 0 Å². The Bertz CT molecular complexity index is 297. The van der Waals surface area contributed by atoms with Crippen LogP contribution < -0.4 is 5.06 Å². The lowest BCUT2D eigenvalue weighted by Gasteiger charge is -2.26. The number of rotatable bonds is 2. The molecule has 0 saturated carbocycles. The number of hydrogen-bond acceptors (Lipinski definition) is 4. The Morgan fingerprint density at radius 1 is 1.50 bits per heavy atom. The molecule has 0 N–H and O–H groups in total. The average molecular weight is 165 g/mol. The highest BCUT2D eigenvalue weighted by Crippen LogP contribution is 2.23. The van der Waals surface area contributed by atoms with Crippen molar-refractivity contribution in [3.8, 4) is 0 Å². The van der Waals surface area contributed by atoms with Crippen molar-refractivity contribution in [2.24, 2.45) is 5.18 Å². The zero-order valence-corrected chi connectivity index (χ0v) is 6.94. The summed E-state index contributed by atoms with van der Waals surface area (Å²) >= 11 is 0. The van der Waals surface area contributed by atoms with E-state index in [0.29, 0.717) is 11.4 Å². The first-order chi connectivity index (χ1) is 5.65. The molecule has 4 heteroatoms. The van der Waals surface area contributed by atoms with Crippen LogP contribution in [0.3, 0.4) is 0 Å². The van der Waals surface area contributed by atoms with Crippen molar-refractivity contribution < 1.29 is 0 Å². The second kappa shape index (κ2) is 3.32. The molecule has 0 spiro atoms. The fraction of sp³-hybridized carbons (Fsp3) is 0.250. The maximum atomic E-state index is 10.9. The summed E-state index contributed by atoms with van der Waals surface area (Å²) in [6.07, 6.45) is 0. The summed E-state index contributed by atoms with van der Waals surface area (Å²) in [5.41, 5.74) is 1.66. The number of nitrogens with zero attached hydrogens (tertiary/aromatic N) is 2. The van der Waals surface area contributed by atoms with Crippen LogP contribution in [0, 0.1) is 17.0 Å². The highest BCUT2D eigenvalue weighted by atomic mass is 16.5. The van der Waals surface area contributed by atoms with Crippen molar-refractivity contribution >= 4 is 11.4 Å². The number of aryl methyl sites for hydroxylation is 1. The maximum absolute atomic E-state index is 10.9. The topological polar surface area (TPSA) is 55.7 Å². The van der Waals surface area contributed by atoms with Crippen LogP contribution in [0.4, 0.5) is 11.4 Å². The van der Waals surface area contributed by atoms with Gasteiger partial charge in [-0.25, -0.2) is 0 Å². The van der Waals surface area contributed by atoms with Crippen molar-refractivity contribution in [2.45, 2.75) is 6.92 Å². The van der Waals surface area contributed by atoms with E-state index in [1.165, 1.54) is 13.1 Å². The summed E-state index contributed by atoms with van der Waals surface area (Å²) in [6, 6.07) is 4.68. The Balaban J connectivity index is 3.11. The lowest BCUT2D eigenvalue weighted by Crippen LogP contribution is -2.06. The van der Waals surface area contributed by atoms with Crippen molar-refractivity contribution in [1.29, 1.82) is 0 Å². The van der Waals surface area contributed by atoms with Gasteiger partial charge in [-0.1, -0.05) is 0 Å². The van der Waals surface area contributed by atoms with Crippen LogP contribution in [0.25, 0.3) is 0 Å². The van der Waals surface area contributed by atoms with Gasteiger partial charge in [-0.15, -0.1) is 4.91 Å². The van der Waals surface area contributed by atoms with Crippen molar-refractivity contribution in [3.05, 3.63) is 33.9 Å². The summed E-state index contributed by atoms with van der Waals surface area (Å²) in [4.78, 5) is 10.1. The predicted molar refractivity (Wildman–Crippen MR) is 48.4 cm³/mol. The summed E-state index contributed by atoms with van der Waals surface area (Å²) in [5, 5.41) is 14.4. The maximum Gasteiger partial charge on any atom is 0.108 e. The fourth-order valence-electron chi connectivity index (χ4n) is 1.05. The van der Waals surface area contributed by atoms with E-state index in [0.717, 1.165) is 10.6 Å². The minimum atomic E-state index is 0.345. The molecule has 0 aliphatic carbocycles. The second-order valence-electron chi connectivity index (χ2n) is 2.56. The minimum Gasteiger partial charge on any atom is -0.758 e. The molecule has 64 valence electrons. The van der Waals surface area contributed by atoms with Gasteiger partial charge in [0.1, 0.15) is 5.69 Å². The number of anilines is 1. The molecule has 1 rings (SSSR count). The highest BCUT2D eigenvalue weighted by Gasteiger charge is 1.98. The van der Waals surface area contributed by atoms with Crippen LogP contribution in [0.15, 0.2) is 23.4 Å². The standard InChI is InChI=1S/C8H9N2O2/c1-6-5-7(9-11)3-4-8(6)10(2)12/h3-5H,1-2H3/q-1. The Morgan fingerprint density at radius 2 is 2.17 bits per heavy atom. The predicted octanol–water partition coefficient (Wildman–Crippen LogP) is 2.33. The van der Waals surface area contributed by atoms with Crippen LogP contribution in [-0.4, -0.2) is 7.05 Å². The number of benzene rings is 1. The quantitative estimate of drug-likeness (QED) is 0.499. The van der Waals surface area contributed by atoms with Crippen molar-refractivity contribution in [2.75, 3.05) is 12.1 Å². The smallest absolute Gasteiger partial charge is 0.108 e. The third-order valence-electron chi connectivity index (χ3n) is 1.63. The van der Waals surface area contributed by atoms with Gasteiger partial charge in [-0.05, 0) is 42.9 Å². The minimum absolute atomic E-state index is 0.345. The molecule has 1 aromatic rings. The van der Waals surface area contributed by atoms with Crippen molar-refractivity contribution in [1.82, 2.24) is 0 Å². The van der Waals surface area contributed by atoms with E-state index >= 15 is 0 Å². The molecule has 0 bridgehead atoms. The monoisotopic (exact) mass is 165 g/mol. The van der Waals surface area contributed by atoms with Gasteiger partial charge in [0.25, 0.3) is 0 Å². The molecule has 4 nitrogen and oxygen atoms in total. The zero-order chi connectivity index (χ0) is 9.14. The molecule has 0 heterocycles. The van der Waals surface area contributed by atoms with Crippen LogP contribution in [-0.2, 0) is 0 Å². The molecule has 0 saturated heterocycles. The molecular weight excluding hydrogens is 156 g/mol. The van der Waals surface area contributed by atoms with E-state index in [4.69, 9.17) is 0 Å². The third-order valence-corrected chi connectivity index (χ3v) is 1.63. The summed E-state index contributed by atoms with van der Waals surface area (Å²) < 4.78 is 0. The molecule has 0 fully saturated rings. The Kier molecular flexibility index (Phi) is 2.40. The molecule has 0 unspecified atom stereocenters. The van der Waals surface area contributed by atoms with Gasteiger partial charge < -0.3 is 10.3 Å². The van der Waals surface area contributed by atoms with Gasteiger partial charge in [0.05, 0.1) is 0 Å². The molecule has 0 aliphatic heterocycles. The van der Waals surface area contributed by atoms with E-state index in [1.54, 1.807) is 19.1 Å². The molecule has 0 aromatic heterocycles. The molecule has 0 atom stereocenters. The lowest BCUT2D eigenvalue weighted by molar-refractivity contribution is 1.19. The summed E-state index contributed by atoms with van der Waals surface area (Å²) in [7, 11) is 1.41. The molecule has 12 heavy (non-hydrogen) atoms. The van der Waals surface area contributed by atoms with E-state index in [9.17, 15) is 10.1 Å². The van der Waals surface area contributed by atoms with Gasteiger partial charge in [0.2, 0.25) is 0 Å². The van der Waals surface area contributed by atoms with E-state index in [-0.39, 0.29) is 0 Å². The molecular formula is C8H9N2O2-. The number of nitroso groups, excluding NO2 is 1. The van der Waals surface area contributed by atoms with Crippen LogP contribution in [0.2, 0.25) is 0 Å². The Morgan fingerprint density at radius 3 is 2.58 bits per heavy atom. The van der Waals surface area contributed by atoms with Crippen molar-refractivity contribution in [3.63, 3.8) is 0 Å². The molecule has 1 aromatic carbocycles. The average Bonchev–Trinajstić information content (AvgIpc) is 2.03. The highest BCUT2D eigenvalue weighted by molar-refractivity contribution is 5.58. The normalized spacial score (nSPS) is 9.58. The number of hydroxylamine groups is 1. The Labute approximate surface area is 70.4 Å². The van der Waals surface area contributed by atoms with E-state index in [1.807, 2.05) is 0 Å². The summed E-state index contributed by atoms with van der Waals surface area (Å²) in [5.74, 6) is 0. The van der Waals surface area contributed by atoms with E-state index in [2.05, 4.69) is 5.18 Å². The third kappa shape index (κ3) is 1.60. The molecule has 0 aliphatic rings. The van der Waals surface area contributed by atoms with Crippen LogP contribution in [0.1, 0.15) is 5.56 Å². The zero-order valence-electron chi connectivity index (χ0n) is 6.94. The first-order valence-electron chi connectivity index (χ1n) is 3.50. The first-order valence-corrected chi connectivity index (χ1v) is 3.50. The van der Waals surface area contributed by atoms with E-state index < -0.39 is 0 Å². The lowest BCUT2D eigenvalue weighted by atomic mass is 10.2. The molecule has 0 amide bonds. The van der Waals surface area contributed by atoms with Gasteiger partial charge in [-0.3, -0.25) is 0 Å². The van der Waals surface area contributed by atoms with Crippen LogP contribution in [0.5, 0.6) is 0 Å². The fourth-order valence-corrected chi connectivity index (χ4v) is 1.05. The van der Waals surface area contributed by atoms with Crippen LogP contribution >= 0.6 is 0 Å². The Hall–Kier alpha value is -1.42. The van der Waals surface area contributed by atoms with Gasteiger partial charge in [0.15, 0.2) is 0 Å². The largest absolute Gasteiger partial charge is 0.758 e. The SMILES string of the molecule is Cc1cc(N=O)ccc1N(C)[O-]. The first kappa shape index (κ1) is 8.67. The summed E-state index contributed by atoms with van der Waals surface area (Å²) in [6.45, 7) is 1.76. The number of hydrogen-bond donors (Lipinski definition) is 0. The van der Waals surface area contributed by atoms with Gasteiger partial charge >= 0.3 is 0 Å². The van der Waals surface area contributed by atoms with Gasteiger partial charge in [0, 0.05) is 5.69 Å². The second-order valence-corrected chi connectivity index (χ2v) is 2.56. The molecule has 0 radical (unpaired) electrons.